The van der Waals surface area contributed by atoms with E-state index in [0.29, 0.717) is 34.9 Å². The fraction of sp³-hybridized carbons (Fsp3) is 0.250. The first kappa shape index (κ1) is 34.9. The first-order chi connectivity index (χ1) is 25.0. The largest absolute Gasteiger partial charge is 0.507 e. The van der Waals surface area contributed by atoms with E-state index in [1.165, 1.54) is 22.3 Å². The highest BCUT2D eigenvalue weighted by Crippen LogP contribution is 2.41. The zero-order chi connectivity index (χ0) is 36.7. The Kier molecular flexibility index (Phi) is 9.59. The van der Waals surface area contributed by atoms with Crippen LogP contribution >= 0.6 is 0 Å². The van der Waals surface area contributed by atoms with Gasteiger partial charge in [0.1, 0.15) is 11.6 Å². The van der Waals surface area contributed by atoms with Crippen LogP contribution in [-0.4, -0.2) is 19.6 Å². The van der Waals surface area contributed by atoms with Crippen molar-refractivity contribution in [3.63, 3.8) is 0 Å². The molecule has 0 aliphatic heterocycles. The number of nitrogens with zero attached hydrogens (tertiary/aromatic N) is 3. The first-order valence-corrected chi connectivity index (χ1v) is 18.7. The summed E-state index contributed by atoms with van der Waals surface area (Å²) < 4.78 is 2.33. The van der Waals surface area contributed by atoms with Crippen LogP contribution in [0.1, 0.15) is 101 Å². The minimum absolute atomic E-state index is 0.206. The van der Waals surface area contributed by atoms with Crippen molar-refractivity contribution in [2.24, 2.45) is 0 Å². The van der Waals surface area contributed by atoms with Crippen LogP contribution in [0.15, 0.2) is 121 Å². The minimum Gasteiger partial charge on any atom is -0.507 e. The third kappa shape index (κ3) is 6.66. The number of para-hydroxylation sites is 2. The third-order valence-electron chi connectivity index (χ3n) is 10.2. The summed E-state index contributed by atoms with van der Waals surface area (Å²) in [6.45, 7) is 18.0. The maximum Gasteiger partial charge on any atom is 0.145 e. The standard InChI is InChI=1S/C48H49N3O/c1-29(2)34-23-35(30(3)4)26-38(25-34)40-21-22-43(41-17-12-13-20-45(41)52)49-46(40)42-18-14-19-44-47(42)50-48(33-15-10-9-11-16-33)51(44)39-27-36(31(5)6)24-37(28-39)32(7)8/h9-32,52H,1-8H3. The lowest BCUT2D eigenvalue weighted by Gasteiger charge is -2.18. The summed E-state index contributed by atoms with van der Waals surface area (Å²) in [6, 6.07) is 42.5. The number of fused-ring (bicyclic) bond motifs is 1. The molecule has 0 saturated heterocycles. The van der Waals surface area contributed by atoms with Crippen molar-refractivity contribution in [3.05, 3.63) is 144 Å². The van der Waals surface area contributed by atoms with Gasteiger partial charge in [0.25, 0.3) is 0 Å². The van der Waals surface area contributed by atoms with Gasteiger partial charge in [-0.15, -0.1) is 0 Å². The average Bonchev–Trinajstić information content (AvgIpc) is 3.55. The van der Waals surface area contributed by atoms with E-state index in [1.54, 1.807) is 6.07 Å². The minimum atomic E-state index is 0.206. The predicted octanol–water partition coefficient (Wildman–Crippen LogP) is 13.3. The van der Waals surface area contributed by atoms with Gasteiger partial charge < -0.3 is 5.11 Å². The maximum atomic E-state index is 10.9. The summed E-state index contributed by atoms with van der Waals surface area (Å²) in [5, 5.41) is 10.9. The number of phenolic OH excluding ortho intramolecular Hbond substituents is 1. The molecule has 2 aromatic heterocycles. The normalized spacial score (nSPS) is 11.8. The average molecular weight is 684 g/mol. The Labute approximate surface area is 308 Å². The van der Waals surface area contributed by atoms with Gasteiger partial charge in [0.15, 0.2) is 0 Å². The molecule has 0 atom stereocenters. The number of pyridine rings is 1. The molecular weight excluding hydrogens is 635 g/mol. The van der Waals surface area contributed by atoms with Crippen LogP contribution in [0.4, 0.5) is 0 Å². The Morgan fingerprint density at radius 3 is 1.63 bits per heavy atom. The Morgan fingerprint density at radius 1 is 0.481 bits per heavy atom. The molecule has 7 aromatic rings. The van der Waals surface area contributed by atoms with E-state index in [2.05, 4.69) is 151 Å². The van der Waals surface area contributed by atoms with E-state index in [0.717, 1.165) is 50.5 Å². The Hall–Kier alpha value is -5.48. The molecule has 0 aliphatic rings. The molecule has 4 nitrogen and oxygen atoms in total. The fourth-order valence-electron chi connectivity index (χ4n) is 7.02. The van der Waals surface area contributed by atoms with E-state index in [4.69, 9.17) is 9.97 Å². The van der Waals surface area contributed by atoms with E-state index < -0.39 is 0 Å². The van der Waals surface area contributed by atoms with Crippen molar-refractivity contribution in [3.8, 4) is 56.5 Å². The molecule has 0 radical (unpaired) electrons. The molecule has 0 saturated carbocycles. The van der Waals surface area contributed by atoms with Gasteiger partial charge in [0.2, 0.25) is 0 Å². The molecule has 0 spiro atoms. The molecule has 0 amide bonds. The number of aromatic nitrogens is 3. The second-order valence-electron chi connectivity index (χ2n) is 15.3. The van der Waals surface area contributed by atoms with Crippen molar-refractivity contribution >= 4 is 11.0 Å². The Balaban J connectivity index is 1.57. The van der Waals surface area contributed by atoms with Crippen LogP contribution in [0.5, 0.6) is 5.75 Å². The van der Waals surface area contributed by atoms with Crippen molar-refractivity contribution in [2.75, 3.05) is 0 Å². The highest BCUT2D eigenvalue weighted by molar-refractivity contribution is 5.99. The second-order valence-corrected chi connectivity index (χ2v) is 15.3. The molecule has 1 N–H and O–H groups in total. The summed E-state index contributed by atoms with van der Waals surface area (Å²) in [4.78, 5) is 10.9. The molecule has 7 rings (SSSR count). The molecule has 0 aliphatic carbocycles. The highest BCUT2D eigenvalue weighted by Gasteiger charge is 2.23. The molecular formula is C48H49N3O. The SMILES string of the molecule is CC(C)c1cc(-c2ccc(-c3ccccc3O)nc2-c2cccc3c2nc(-c2ccccc2)n3-c2cc(C(C)C)cc(C(C)C)c2)cc(C(C)C)c1. The summed E-state index contributed by atoms with van der Waals surface area (Å²) in [7, 11) is 0. The zero-order valence-electron chi connectivity index (χ0n) is 31.6. The summed E-state index contributed by atoms with van der Waals surface area (Å²) >= 11 is 0. The highest BCUT2D eigenvalue weighted by atomic mass is 16.3. The number of hydrogen-bond donors (Lipinski definition) is 1. The number of hydrogen-bond acceptors (Lipinski definition) is 3. The van der Waals surface area contributed by atoms with E-state index in [1.807, 2.05) is 24.3 Å². The Morgan fingerprint density at radius 2 is 1.04 bits per heavy atom. The van der Waals surface area contributed by atoms with Gasteiger partial charge in [-0.2, -0.15) is 0 Å². The second kappa shape index (κ2) is 14.3. The molecule has 262 valence electrons. The number of aromatic hydroxyl groups is 1. The molecule has 52 heavy (non-hydrogen) atoms. The molecule has 2 heterocycles. The van der Waals surface area contributed by atoms with Crippen LogP contribution in [-0.2, 0) is 0 Å². The van der Waals surface area contributed by atoms with E-state index in [-0.39, 0.29) is 5.75 Å². The fourth-order valence-corrected chi connectivity index (χ4v) is 7.02. The first-order valence-electron chi connectivity index (χ1n) is 18.7. The van der Waals surface area contributed by atoms with E-state index >= 15 is 0 Å². The van der Waals surface area contributed by atoms with Gasteiger partial charge in [0.05, 0.1) is 22.4 Å². The molecule has 0 unspecified atom stereocenters. The molecule has 4 heteroatoms. The van der Waals surface area contributed by atoms with Crippen LogP contribution < -0.4 is 0 Å². The predicted molar refractivity (Wildman–Crippen MR) is 219 cm³/mol. The van der Waals surface area contributed by atoms with Gasteiger partial charge in [-0.1, -0.05) is 140 Å². The third-order valence-corrected chi connectivity index (χ3v) is 10.2. The topological polar surface area (TPSA) is 50.9 Å². The van der Waals surface area contributed by atoms with Gasteiger partial charge in [-0.25, -0.2) is 9.97 Å². The summed E-state index contributed by atoms with van der Waals surface area (Å²) in [6.07, 6.45) is 0. The summed E-state index contributed by atoms with van der Waals surface area (Å²) in [5.74, 6) is 2.60. The van der Waals surface area contributed by atoms with Crippen LogP contribution in [0.3, 0.4) is 0 Å². The van der Waals surface area contributed by atoms with E-state index in [9.17, 15) is 5.11 Å². The number of imidazole rings is 1. The van der Waals surface area contributed by atoms with Gasteiger partial charge in [-0.3, -0.25) is 4.57 Å². The molecule has 5 aromatic carbocycles. The summed E-state index contributed by atoms with van der Waals surface area (Å²) in [5.41, 5.74) is 14.7. The van der Waals surface area contributed by atoms with Gasteiger partial charge >= 0.3 is 0 Å². The van der Waals surface area contributed by atoms with Crippen molar-refractivity contribution < 1.29 is 5.11 Å². The monoisotopic (exact) mass is 683 g/mol. The van der Waals surface area contributed by atoms with Gasteiger partial charge in [-0.05, 0) is 87.9 Å². The van der Waals surface area contributed by atoms with Crippen LogP contribution in [0.25, 0.3) is 61.8 Å². The quantitative estimate of drug-likeness (QED) is 0.165. The number of phenols is 1. The van der Waals surface area contributed by atoms with Crippen LogP contribution in [0, 0.1) is 0 Å². The zero-order valence-corrected chi connectivity index (χ0v) is 31.6. The molecule has 0 bridgehead atoms. The number of rotatable bonds is 9. The molecule has 0 fully saturated rings. The van der Waals surface area contributed by atoms with Crippen molar-refractivity contribution in [1.29, 1.82) is 0 Å². The smallest absolute Gasteiger partial charge is 0.145 e. The maximum absolute atomic E-state index is 10.9. The lowest BCUT2D eigenvalue weighted by atomic mass is 9.89. The van der Waals surface area contributed by atoms with Gasteiger partial charge in [0, 0.05) is 27.9 Å². The van der Waals surface area contributed by atoms with Crippen LogP contribution in [0.2, 0.25) is 0 Å². The lowest BCUT2D eigenvalue weighted by Crippen LogP contribution is -2.02. The Bertz CT molecular complexity index is 2330. The number of benzene rings is 5. The van der Waals surface area contributed by atoms with Crippen molar-refractivity contribution in [1.82, 2.24) is 14.5 Å². The lowest BCUT2D eigenvalue weighted by molar-refractivity contribution is 0.477. The van der Waals surface area contributed by atoms with Crippen molar-refractivity contribution in [2.45, 2.75) is 79.1 Å².